The van der Waals surface area contributed by atoms with Crippen molar-refractivity contribution in [2.24, 2.45) is 0 Å². The second kappa shape index (κ2) is 6.29. The minimum absolute atomic E-state index is 0.292. The number of phenolic OH excluding ortho intramolecular Hbond substituents is 1. The summed E-state index contributed by atoms with van der Waals surface area (Å²) in [5.74, 6) is 0.292. The lowest BCUT2D eigenvalue weighted by atomic mass is 10.3. The Morgan fingerprint density at radius 1 is 0.833 bits per heavy atom. The van der Waals surface area contributed by atoms with E-state index >= 15 is 0 Å². The van der Waals surface area contributed by atoms with Crippen LogP contribution in [0.5, 0.6) is 5.75 Å². The predicted octanol–water partition coefficient (Wildman–Crippen LogP) is -3.09. The van der Waals surface area contributed by atoms with E-state index in [0.29, 0.717) is 5.75 Å². The zero-order valence-electron chi connectivity index (χ0n) is 9.10. The van der Waals surface area contributed by atoms with Crippen molar-refractivity contribution in [3.05, 3.63) is 54.9 Å². The van der Waals surface area contributed by atoms with Crippen LogP contribution < -0.4 is 23.2 Å². The minimum atomic E-state index is -4.94. The van der Waals surface area contributed by atoms with E-state index in [1.807, 2.05) is 47.3 Å². The Morgan fingerprint density at radius 2 is 1.28 bits per heavy atom. The SMILES string of the molecule is Oc1ccc(-[n+]2ccccc2)cc1.[O-][Cl+3]([O-])([O-])[O-]. The molecule has 6 nitrogen and oxygen atoms in total. The maximum atomic E-state index is 9.09. The number of benzene rings is 1. The average Bonchev–Trinajstić information content (AvgIpc) is 2.29. The molecular formula is C11H10ClNO5. The van der Waals surface area contributed by atoms with E-state index in [4.69, 9.17) is 23.7 Å². The minimum Gasteiger partial charge on any atom is -0.508 e. The Labute approximate surface area is 105 Å². The number of aromatic nitrogens is 1. The molecular weight excluding hydrogens is 262 g/mol. The molecule has 0 bridgehead atoms. The fourth-order valence-corrected chi connectivity index (χ4v) is 1.20. The van der Waals surface area contributed by atoms with Gasteiger partial charge < -0.3 is 5.11 Å². The second-order valence-electron chi connectivity index (χ2n) is 3.18. The molecule has 2 aromatic rings. The number of aromatic hydroxyl groups is 1. The fourth-order valence-electron chi connectivity index (χ4n) is 1.20. The van der Waals surface area contributed by atoms with Gasteiger partial charge in [-0.3, -0.25) is 0 Å². The summed E-state index contributed by atoms with van der Waals surface area (Å²) in [6.45, 7) is 0. The molecule has 1 aromatic heterocycles. The van der Waals surface area contributed by atoms with Crippen LogP contribution in [0, 0.1) is 10.2 Å². The van der Waals surface area contributed by atoms with Gasteiger partial charge in [-0.15, -0.1) is 10.2 Å². The van der Waals surface area contributed by atoms with Gasteiger partial charge in [-0.25, -0.2) is 18.6 Å². The lowest BCUT2D eigenvalue weighted by molar-refractivity contribution is -2.00. The van der Waals surface area contributed by atoms with Crippen LogP contribution in [0.25, 0.3) is 5.69 Å². The molecule has 0 fully saturated rings. The normalized spacial score (nSPS) is 10.4. The topological polar surface area (TPSA) is 116 Å². The molecule has 2 rings (SSSR count). The van der Waals surface area contributed by atoms with Gasteiger partial charge >= 0.3 is 0 Å². The van der Waals surface area contributed by atoms with E-state index in [1.54, 1.807) is 12.1 Å². The summed E-state index contributed by atoms with van der Waals surface area (Å²) in [4.78, 5) is 0. The largest absolute Gasteiger partial charge is 0.508 e. The first-order valence-corrected chi connectivity index (χ1v) is 5.97. The molecule has 96 valence electrons. The molecule has 0 saturated carbocycles. The van der Waals surface area contributed by atoms with Crippen LogP contribution in [0.3, 0.4) is 0 Å². The van der Waals surface area contributed by atoms with Crippen molar-refractivity contribution in [1.29, 1.82) is 0 Å². The van der Waals surface area contributed by atoms with Crippen molar-refractivity contribution in [3.8, 4) is 11.4 Å². The van der Waals surface area contributed by atoms with Crippen molar-refractivity contribution in [1.82, 2.24) is 0 Å². The summed E-state index contributed by atoms with van der Waals surface area (Å²) in [6.07, 6.45) is 3.93. The average molecular weight is 272 g/mol. The molecule has 0 saturated heterocycles. The van der Waals surface area contributed by atoms with E-state index in [1.165, 1.54) is 0 Å². The Morgan fingerprint density at radius 3 is 1.72 bits per heavy atom. The first kappa shape index (κ1) is 14.4. The number of halogens is 1. The van der Waals surface area contributed by atoms with Crippen LogP contribution in [0.1, 0.15) is 0 Å². The molecule has 0 aliphatic rings. The maximum Gasteiger partial charge on any atom is 0.210 e. The predicted molar refractivity (Wildman–Crippen MR) is 49.6 cm³/mol. The molecule has 1 heterocycles. The van der Waals surface area contributed by atoms with Gasteiger partial charge in [0, 0.05) is 24.3 Å². The molecule has 1 aromatic carbocycles. The van der Waals surface area contributed by atoms with Crippen molar-refractivity contribution >= 4 is 0 Å². The van der Waals surface area contributed by atoms with Crippen LogP contribution in [0.15, 0.2) is 54.9 Å². The zero-order valence-corrected chi connectivity index (χ0v) is 9.86. The first-order valence-electron chi connectivity index (χ1n) is 4.74. The Bertz CT molecular complexity index is 463. The number of hydrogen-bond donors (Lipinski definition) is 1. The van der Waals surface area contributed by atoms with Crippen molar-refractivity contribution in [2.45, 2.75) is 0 Å². The molecule has 7 heteroatoms. The summed E-state index contributed by atoms with van der Waals surface area (Å²) in [6, 6.07) is 13.0. The van der Waals surface area contributed by atoms with Gasteiger partial charge in [0.15, 0.2) is 12.4 Å². The molecule has 0 spiro atoms. The number of hydrogen-bond acceptors (Lipinski definition) is 5. The summed E-state index contributed by atoms with van der Waals surface area (Å²) < 4.78 is 36.0. The molecule has 0 atom stereocenters. The van der Waals surface area contributed by atoms with Crippen molar-refractivity contribution < 1.29 is 38.6 Å². The molecule has 0 unspecified atom stereocenters. The summed E-state index contributed by atoms with van der Waals surface area (Å²) >= 11 is 0. The van der Waals surface area contributed by atoms with Crippen LogP contribution in [-0.4, -0.2) is 5.11 Å². The molecule has 1 N–H and O–H groups in total. The van der Waals surface area contributed by atoms with Gasteiger partial charge in [0.1, 0.15) is 5.75 Å². The molecule has 0 aliphatic carbocycles. The van der Waals surface area contributed by atoms with Gasteiger partial charge in [-0.05, 0) is 12.1 Å². The van der Waals surface area contributed by atoms with Gasteiger partial charge in [0.05, 0.1) is 0 Å². The van der Waals surface area contributed by atoms with Crippen molar-refractivity contribution in [3.63, 3.8) is 0 Å². The summed E-state index contributed by atoms with van der Waals surface area (Å²) in [5.41, 5.74) is 1.04. The lowest BCUT2D eigenvalue weighted by Crippen LogP contribution is -2.68. The van der Waals surface area contributed by atoms with Crippen LogP contribution in [-0.2, 0) is 0 Å². The van der Waals surface area contributed by atoms with E-state index in [0.717, 1.165) is 5.69 Å². The maximum absolute atomic E-state index is 9.09. The third kappa shape index (κ3) is 6.14. The molecule has 0 radical (unpaired) electrons. The second-order valence-corrected chi connectivity index (χ2v) is 3.93. The molecule has 0 aliphatic heterocycles. The van der Waals surface area contributed by atoms with Crippen LogP contribution >= 0.6 is 0 Å². The van der Waals surface area contributed by atoms with Crippen LogP contribution in [0.2, 0.25) is 0 Å². The highest BCUT2D eigenvalue weighted by atomic mass is 35.7. The third-order valence-electron chi connectivity index (χ3n) is 1.86. The molecule has 18 heavy (non-hydrogen) atoms. The van der Waals surface area contributed by atoms with Gasteiger partial charge in [-0.2, -0.15) is 4.57 Å². The Balaban J connectivity index is 0.000000280. The number of pyridine rings is 1. The lowest BCUT2D eigenvalue weighted by Gasteiger charge is -2.17. The highest BCUT2D eigenvalue weighted by molar-refractivity contribution is 5.30. The van der Waals surface area contributed by atoms with Gasteiger partial charge in [-0.1, -0.05) is 6.07 Å². The standard InChI is InChI=1S/C11H9NO.ClHO4/c13-11-6-4-10(5-7-11)12-8-2-1-3-9-12;2-1(3,4)5/h1-9H;(H,2,3,4,5). The van der Waals surface area contributed by atoms with E-state index in [2.05, 4.69) is 0 Å². The zero-order chi connectivity index (χ0) is 13.6. The van der Waals surface area contributed by atoms with Crippen LogP contribution in [0.4, 0.5) is 0 Å². The summed E-state index contributed by atoms with van der Waals surface area (Å²) in [5, 5.41) is 9.09. The smallest absolute Gasteiger partial charge is 0.210 e. The fraction of sp³-hybridized carbons (Fsp3) is 0. The highest BCUT2D eigenvalue weighted by Gasteiger charge is 2.02. The van der Waals surface area contributed by atoms with E-state index < -0.39 is 10.2 Å². The first-order chi connectivity index (χ1) is 8.36. The number of phenols is 1. The Kier molecular flexibility index (Phi) is 5.02. The highest BCUT2D eigenvalue weighted by Crippen LogP contribution is 2.08. The Hall–Kier alpha value is -1.70. The molecule has 0 amide bonds. The number of nitrogens with zero attached hydrogens (tertiary/aromatic N) is 1. The van der Waals surface area contributed by atoms with Gasteiger partial charge in [0.2, 0.25) is 5.69 Å². The monoisotopic (exact) mass is 271 g/mol. The van der Waals surface area contributed by atoms with E-state index in [9.17, 15) is 0 Å². The number of rotatable bonds is 1. The summed E-state index contributed by atoms with van der Waals surface area (Å²) in [7, 11) is -4.94. The van der Waals surface area contributed by atoms with Gasteiger partial charge in [0.25, 0.3) is 0 Å². The quantitative estimate of drug-likeness (QED) is 0.552. The van der Waals surface area contributed by atoms with Crippen molar-refractivity contribution in [2.75, 3.05) is 0 Å². The third-order valence-corrected chi connectivity index (χ3v) is 1.86. The van der Waals surface area contributed by atoms with E-state index in [-0.39, 0.29) is 0 Å².